The summed E-state index contributed by atoms with van der Waals surface area (Å²) in [6, 6.07) is 0. The summed E-state index contributed by atoms with van der Waals surface area (Å²) >= 11 is 0. The first kappa shape index (κ1) is 10.4. The van der Waals surface area contributed by atoms with Crippen molar-refractivity contribution in [2.24, 2.45) is 5.92 Å². The third kappa shape index (κ3) is 2.09. The maximum atomic E-state index is 11.5. The first-order chi connectivity index (χ1) is 7.18. The lowest BCUT2D eigenvalue weighted by Crippen LogP contribution is -2.32. The third-order valence-electron chi connectivity index (χ3n) is 2.97. The van der Waals surface area contributed by atoms with E-state index in [9.17, 15) is 9.59 Å². The number of carbonyl (C=O) groups excluding carboxylic acids is 2. The normalized spacial score (nSPS) is 26.3. The first-order valence-electron chi connectivity index (χ1n) is 5.30. The van der Waals surface area contributed by atoms with Gasteiger partial charge in [-0.15, -0.1) is 0 Å². The lowest BCUT2D eigenvalue weighted by molar-refractivity contribution is -0.137. The molecule has 0 aromatic carbocycles. The van der Waals surface area contributed by atoms with E-state index < -0.39 is 0 Å². The fourth-order valence-corrected chi connectivity index (χ4v) is 1.97. The molecule has 0 aromatic heterocycles. The van der Waals surface area contributed by atoms with Crippen LogP contribution >= 0.6 is 0 Å². The minimum absolute atomic E-state index is 0.140. The predicted molar refractivity (Wildman–Crippen MR) is 54.0 cm³/mol. The molecule has 2 aliphatic rings. The lowest BCUT2D eigenvalue weighted by atomic mass is 10.1. The van der Waals surface area contributed by atoms with Crippen LogP contribution in [0.3, 0.4) is 0 Å². The molecule has 1 saturated heterocycles. The van der Waals surface area contributed by atoms with Gasteiger partial charge in [0.15, 0.2) is 0 Å². The first-order valence-corrected chi connectivity index (χ1v) is 5.30. The second-order valence-electron chi connectivity index (χ2n) is 4.14. The number of rotatable bonds is 3. The largest absolute Gasteiger partial charge is 0.381 e. The molecular formula is C11H15NO3. The van der Waals surface area contributed by atoms with Crippen molar-refractivity contribution >= 4 is 11.8 Å². The zero-order valence-electron chi connectivity index (χ0n) is 8.86. The molecule has 0 spiro atoms. The molecule has 2 heterocycles. The van der Waals surface area contributed by atoms with Crippen LogP contribution in [0.4, 0.5) is 0 Å². The molecule has 0 bridgehead atoms. The smallest absolute Gasteiger partial charge is 0.256 e. The number of hydrogen-bond donors (Lipinski definition) is 0. The van der Waals surface area contributed by atoms with E-state index in [1.54, 1.807) is 6.92 Å². The second-order valence-corrected chi connectivity index (χ2v) is 4.14. The van der Waals surface area contributed by atoms with Crippen molar-refractivity contribution in [3.8, 4) is 0 Å². The number of amides is 2. The number of ether oxygens (including phenoxy) is 1. The van der Waals surface area contributed by atoms with Crippen LogP contribution in [0.2, 0.25) is 0 Å². The minimum Gasteiger partial charge on any atom is -0.381 e. The predicted octanol–water partition coefficient (Wildman–Crippen LogP) is 0.728. The molecule has 0 saturated carbocycles. The summed E-state index contributed by atoms with van der Waals surface area (Å²) in [6.07, 6.45) is 3.31. The van der Waals surface area contributed by atoms with Crippen molar-refractivity contribution in [2.75, 3.05) is 19.8 Å². The molecule has 2 amide bonds. The van der Waals surface area contributed by atoms with Crippen molar-refractivity contribution in [3.05, 3.63) is 11.6 Å². The van der Waals surface area contributed by atoms with E-state index in [4.69, 9.17) is 4.74 Å². The highest BCUT2D eigenvalue weighted by Gasteiger charge is 2.28. The average Bonchev–Trinajstić information content (AvgIpc) is 2.76. The second kappa shape index (κ2) is 4.14. The summed E-state index contributed by atoms with van der Waals surface area (Å²) < 4.78 is 5.25. The Hall–Kier alpha value is -1.16. The minimum atomic E-state index is -0.170. The maximum Gasteiger partial charge on any atom is 0.256 e. The molecular weight excluding hydrogens is 194 g/mol. The van der Waals surface area contributed by atoms with Crippen LogP contribution in [0.25, 0.3) is 0 Å². The summed E-state index contributed by atoms with van der Waals surface area (Å²) in [5.41, 5.74) is 0.544. The Labute approximate surface area is 88.9 Å². The number of imide groups is 1. The van der Waals surface area contributed by atoms with E-state index in [1.165, 1.54) is 11.0 Å². The van der Waals surface area contributed by atoms with Crippen LogP contribution in [0.15, 0.2) is 11.6 Å². The molecule has 1 atom stereocenters. The van der Waals surface area contributed by atoms with Crippen molar-refractivity contribution in [1.29, 1.82) is 0 Å². The van der Waals surface area contributed by atoms with Gasteiger partial charge < -0.3 is 4.74 Å². The molecule has 4 nitrogen and oxygen atoms in total. The summed E-state index contributed by atoms with van der Waals surface area (Å²) in [5.74, 6) is 0.196. The van der Waals surface area contributed by atoms with Gasteiger partial charge in [-0.2, -0.15) is 0 Å². The molecule has 0 radical (unpaired) electrons. The van der Waals surface area contributed by atoms with Crippen molar-refractivity contribution in [2.45, 2.75) is 19.8 Å². The van der Waals surface area contributed by atoms with Crippen molar-refractivity contribution in [1.82, 2.24) is 4.90 Å². The Morgan fingerprint density at radius 2 is 2.33 bits per heavy atom. The molecule has 1 unspecified atom stereocenters. The van der Waals surface area contributed by atoms with Gasteiger partial charge in [-0.25, -0.2) is 0 Å². The van der Waals surface area contributed by atoms with Gasteiger partial charge in [-0.05, 0) is 25.7 Å². The van der Waals surface area contributed by atoms with Gasteiger partial charge in [-0.3, -0.25) is 14.5 Å². The SMILES string of the molecule is CC1=CC(=O)N(CCC2CCOC2)C1=O. The molecule has 15 heavy (non-hydrogen) atoms. The molecule has 2 aliphatic heterocycles. The van der Waals surface area contributed by atoms with E-state index in [0.717, 1.165) is 26.1 Å². The molecule has 4 heteroatoms. The topological polar surface area (TPSA) is 46.6 Å². The molecule has 82 valence electrons. The highest BCUT2D eigenvalue weighted by atomic mass is 16.5. The fraction of sp³-hybridized carbons (Fsp3) is 0.636. The van der Waals surface area contributed by atoms with Gasteiger partial charge in [-0.1, -0.05) is 0 Å². The molecule has 0 aromatic rings. The van der Waals surface area contributed by atoms with Gasteiger partial charge in [0.05, 0.1) is 0 Å². The standard InChI is InChI=1S/C11H15NO3/c1-8-6-10(13)12(11(8)14)4-2-9-3-5-15-7-9/h6,9H,2-5,7H2,1H3. The van der Waals surface area contributed by atoms with Crippen LogP contribution in [0, 0.1) is 5.92 Å². The van der Waals surface area contributed by atoms with Gasteiger partial charge in [0.2, 0.25) is 0 Å². The van der Waals surface area contributed by atoms with Crippen LogP contribution in [-0.4, -0.2) is 36.5 Å². The highest BCUT2D eigenvalue weighted by molar-refractivity contribution is 6.15. The molecule has 1 fully saturated rings. The van der Waals surface area contributed by atoms with Gasteiger partial charge >= 0.3 is 0 Å². The molecule has 2 rings (SSSR count). The van der Waals surface area contributed by atoms with Gasteiger partial charge in [0.1, 0.15) is 0 Å². The Morgan fingerprint density at radius 1 is 1.53 bits per heavy atom. The van der Waals surface area contributed by atoms with E-state index in [2.05, 4.69) is 0 Å². The number of nitrogens with zero attached hydrogens (tertiary/aromatic N) is 1. The Morgan fingerprint density at radius 3 is 2.87 bits per heavy atom. The summed E-state index contributed by atoms with van der Waals surface area (Å²) in [5, 5.41) is 0. The zero-order chi connectivity index (χ0) is 10.8. The number of hydrogen-bond acceptors (Lipinski definition) is 3. The Balaban J connectivity index is 1.85. The zero-order valence-corrected chi connectivity index (χ0v) is 8.86. The van der Waals surface area contributed by atoms with Crippen molar-refractivity contribution < 1.29 is 14.3 Å². The van der Waals surface area contributed by atoms with E-state index in [0.29, 0.717) is 18.0 Å². The molecule has 0 N–H and O–H groups in total. The fourth-order valence-electron chi connectivity index (χ4n) is 1.97. The van der Waals surface area contributed by atoms with Crippen LogP contribution < -0.4 is 0 Å². The average molecular weight is 209 g/mol. The van der Waals surface area contributed by atoms with Gasteiger partial charge in [0.25, 0.3) is 11.8 Å². The summed E-state index contributed by atoms with van der Waals surface area (Å²) in [7, 11) is 0. The van der Waals surface area contributed by atoms with E-state index in [1.807, 2.05) is 0 Å². The third-order valence-corrected chi connectivity index (χ3v) is 2.97. The maximum absolute atomic E-state index is 11.5. The van der Waals surface area contributed by atoms with Crippen LogP contribution in [-0.2, 0) is 14.3 Å². The summed E-state index contributed by atoms with van der Waals surface area (Å²) in [4.78, 5) is 24.3. The monoisotopic (exact) mass is 209 g/mol. The highest BCUT2D eigenvalue weighted by Crippen LogP contribution is 2.19. The molecule has 0 aliphatic carbocycles. The number of carbonyl (C=O) groups is 2. The van der Waals surface area contributed by atoms with E-state index in [-0.39, 0.29) is 11.8 Å². The van der Waals surface area contributed by atoms with Gasteiger partial charge in [0, 0.05) is 31.4 Å². The van der Waals surface area contributed by atoms with Crippen molar-refractivity contribution in [3.63, 3.8) is 0 Å². The quantitative estimate of drug-likeness (QED) is 0.644. The lowest BCUT2D eigenvalue weighted by Gasteiger charge is -2.16. The van der Waals surface area contributed by atoms with Crippen LogP contribution in [0.1, 0.15) is 19.8 Å². The van der Waals surface area contributed by atoms with Crippen LogP contribution in [0.5, 0.6) is 0 Å². The Kier molecular flexibility index (Phi) is 2.86. The summed E-state index contributed by atoms with van der Waals surface area (Å²) in [6.45, 7) is 3.78. The Bertz CT molecular complexity index is 316. The van der Waals surface area contributed by atoms with E-state index >= 15 is 0 Å².